The van der Waals surface area contributed by atoms with E-state index in [0.717, 1.165) is 48.8 Å². The number of likely N-dealkylation sites (N-methyl/N-ethyl adjacent to an activating group) is 1. The number of rotatable bonds is 7. The van der Waals surface area contributed by atoms with Crippen molar-refractivity contribution in [3.63, 3.8) is 0 Å². The van der Waals surface area contributed by atoms with Gasteiger partial charge < -0.3 is 10.1 Å². The van der Waals surface area contributed by atoms with Crippen LogP contribution < -0.4 is 10.1 Å². The largest absolute Gasteiger partial charge is 0.486 e. The van der Waals surface area contributed by atoms with E-state index in [1.165, 1.54) is 0 Å². The van der Waals surface area contributed by atoms with Crippen molar-refractivity contribution < 1.29 is 13.5 Å². The molecule has 0 aromatic heterocycles. The van der Waals surface area contributed by atoms with Crippen molar-refractivity contribution in [3.05, 3.63) is 65.2 Å². The van der Waals surface area contributed by atoms with E-state index in [9.17, 15) is 8.78 Å². The molecule has 0 saturated carbocycles. The van der Waals surface area contributed by atoms with Crippen molar-refractivity contribution in [2.24, 2.45) is 0 Å². The van der Waals surface area contributed by atoms with Crippen LogP contribution in [-0.4, -0.2) is 13.1 Å². The summed E-state index contributed by atoms with van der Waals surface area (Å²) in [4.78, 5) is 0. The van der Waals surface area contributed by atoms with Gasteiger partial charge in [0.15, 0.2) is 11.6 Å². The number of hydrogen-bond acceptors (Lipinski definition) is 2. The summed E-state index contributed by atoms with van der Waals surface area (Å²) in [6.45, 7) is 4.08. The molecule has 2 aromatic rings. The summed E-state index contributed by atoms with van der Waals surface area (Å²) in [5, 5.41) is 3.26. The fraction of sp³-hybridized carbons (Fsp3) is 0.294. The van der Waals surface area contributed by atoms with Gasteiger partial charge in [-0.05, 0) is 42.8 Å². The normalized spacial score (nSPS) is 10.6. The molecule has 0 aliphatic rings. The molecule has 1 N–H and O–H groups in total. The van der Waals surface area contributed by atoms with Gasteiger partial charge in [0.2, 0.25) is 0 Å². The molecule has 2 aromatic carbocycles. The fourth-order valence-corrected chi connectivity index (χ4v) is 2.09. The van der Waals surface area contributed by atoms with Gasteiger partial charge in [-0.3, -0.25) is 0 Å². The molecule has 0 saturated heterocycles. The first-order valence-electron chi connectivity index (χ1n) is 7.06. The molecular formula is C17H19F2NO. The molecule has 0 fully saturated rings. The summed E-state index contributed by atoms with van der Waals surface area (Å²) in [5.41, 5.74) is 2.13. The van der Waals surface area contributed by atoms with Gasteiger partial charge in [0.1, 0.15) is 12.4 Å². The molecule has 21 heavy (non-hydrogen) atoms. The van der Waals surface area contributed by atoms with Crippen molar-refractivity contribution in [1.82, 2.24) is 5.32 Å². The second-order valence-electron chi connectivity index (χ2n) is 4.74. The lowest BCUT2D eigenvalue weighted by molar-refractivity contribution is 0.287. The lowest BCUT2D eigenvalue weighted by Gasteiger charge is -2.12. The molecule has 0 aliphatic heterocycles. The first-order valence-corrected chi connectivity index (χ1v) is 7.06. The number of ether oxygens (including phenoxy) is 1. The van der Waals surface area contributed by atoms with Gasteiger partial charge in [0.05, 0.1) is 0 Å². The van der Waals surface area contributed by atoms with Crippen LogP contribution in [0.15, 0.2) is 42.5 Å². The van der Waals surface area contributed by atoms with Crippen molar-refractivity contribution in [2.75, 3.05) is 13.1 Å². The van der Waals surface area contributed by atoms with Gasteiger partial charge in [-0.2, -0.15) is 0 Å². The highest BCUT2D eigenvalue weighted by Gasteiger charge is 2.07. The zero-order valence-corrected chi connectivity index (χ0v) is 12.0. The highest BCUT2D eigenvalue weighted by atomic mass is 19.1. The number of hydrogen-bond donors (Lipinski definition) is 1. The summed E-state index contributed by atoms with van der Waals surface area (Å²) in [7, 11) is 0. The molecule has 0 unspecified atom stereocenters. The Morgan fingerprint density at radius 1 is 1.05 bits per heavy atom. The zero-order valence-electron chi connectivity index (χ0n) is 12.0. The lowest BCUT2D eigenvalue weighted by atomic mass is 10.1. The topological polar surface area (TPSA) is 21.3 Å². The average molecular weight is 291 g/mol. The maximum absolute atomic E-state index is 13.5. The van der Waals surface area contributed by atoms with Crippen molar-refractivity contribution >= 4 is 0 Å². The maximum atomic E-state index is 13.5. The minimum absolute atomic E-state index is 0.0588. The van der Waals surface area contributed by atoms with Crippen LogP contribution in [0.25, 0.3) is 0 Å². The minimum atomic E-state index is -0.554. The first-order chi connectivity index (χ1) is 10.2. The zero-order chi connectivity index (χ0) is 15.1. The highest BCUT2D eigenvalue weighted by molar-refractivity contribution is 5.29. The molecule has 0 amide bonds. The van der Waals surface area contributed by atoms with E-state index < -0.39 is 11.6 Å². The Morgan fingerprint density at radius 3 is 2.57 bits per heavy atom. The summed E-state index contributed by atoms with van der Waals surface area (Å²) >= 11 is 0. The number of benzene rings is 2. The molecular weight excluding hydrogens is 272 g/mol. The third-order valence-electron chi connectivity index (χ3n) is 3.22. The molecule has 0 bridgehead atoms. The number of nitrogens with one attached hydrogen (secondary N) is 1. The summed E-state index contributed by atoms with van der Waals surface area (Å²) in [6, 6.07) is 11.1. The molecule has 2 nitrogen and oxygen atoms in total. The predicted octanol–water partition coefficient (Wildman–Crippen LogP) is 3.70. The van der Waals surface area contributed by atoms with Crippen LogP contribution in [-0.2, 0) is 13.0 Å². The molecule has 4 heteroatoms. The summed E-state index contributed by atoms with van der Waals surface area (Å²) < 4.78 is 32.0. The van der Waals surface area contributed by atoms with Gasteiger partial charge >= 0.3 is 0 Å². The standard InChI is InChI=1S/C17H19F2NO/c1-2-20-10-9-13-5-3-4-6-14(13)12-21-17-11-15(18)7-8-16(17)19/h3-8,11,20H,2,9-10,12H2,1H3. The van der Waals surface area contributed by atoms with E-state index in [1.54, 1.807) is 0 Å². The van der Waals surface area contributed by atoms with Crippen molar-refractivity contribution in [3.8, 4) is 5.75 Å². The Labute approximate surface area is 123 Å². The quantitative estimate of drug-likeness (QED) is 0.785. The van der Waals surface area contributed by atoms with Crippen LogP contribution in [0.2, 0.25) is 0 Å². The van der Waals surface area contributed by atoms with Gasteiger partial charge in [-0.1, -0.05) is 31.2 Å². The third-order valence-corrected chi connectivity index (χ3v) is 3.22. The Kier molecular flexibility index (Phi) is 5.69. The third kappa shape index (κ3) is 4.53. The van der Waals surface area contributed by atoms with E-state index in [1.807, 2.05) is 24.3 Å². The van der Waals surface area contributed by atoms with Crippen molar-refractivity contribution in [1.29, 1.82) is 0 Å². The van der Waals surface area contributed by atoms with Gasteiger partial charge in [-0.15, -0.1) is 0 Å². The van der Waals surface area contributed by atoms with Gasteiger partial charge in [0, 0.05) is 6.07 Å². The second-order valence-corrected chi connectivity index (χ2v) is 4.74. The highest BCUT2D eigenvalue weighted by Crippen LogP contribution is 2.20. The molecule has 0 heterocycles. The van der Waals surface area contributed by atoms with Gasteiger partial charge in [0.25, 0.3) is 0 Å². The molecule has 0 radical (unpaired) electrons. The van der Waals surface area contributed by atoms with Crippen LogP contribution in [0.1, 0.15) is 18.1 Å². The number of halogens is 2. The van der Waals surface area contributed by atoms with Crippen molar-refractivity contribution in [2.45, 2.75) is 20.0 Å². The summed E-state index contributed by atoms with van der Waals surface area (Å²) in [6.07, 6.45) is 0.874. The van der Waals surface area contributed by atoms with E-state index >= 15 is 0 Å². The van der Waals surface area contributed by atoms with E-state index in [2.05, 4.69) is 12.2 Å². The monoisotopic (exact) mass is 291 g/mol. The minimum Gasteiger partial charge on any atom is -0.486 e. The Bertz CT molecular complexity index is 587. The SMILES string of the molecule is CCNCCc1ccccc1COc1cc(F)ccc1F. The molecule has 0 atom stereocenters. The Morgan fingerprint density at radius 2 is 1.81 bits per heavy atom. The van der Waals surface area contributed by atoms with E-state index in [4.69, 9.17) is 4.74 Å². The van der Waals surface area contributed by atoms with E-state index in [-0.39, 0.29) is 12.4 Å². The van der Waals surface area contributed by atoms with Crippen LogP contribution in [0.4, 0.5) is 8.78 Å². The van der Waals surface area contributed by atoms with Crippen LogP contribution in [0.5, 0.6) is 5.75 Å². The summed E-state index contributed by atoms with van der Waals surface area (Å²) in [5.74, 6) is -1.12. The molecule has 0 aliphatic carbocycles. The smallest absolute Gasteiger partial charge is 0.165 e. The Hall–Kier alpha value is -1.94. The second kappa shape index (κ2) is 7.74. The first kappa shape index (κ1) is 15.4. The van der Waals surface area contributed by atoms with Crippen LogP contribution in [0.3, 0.4) is 0 Å². The van der Waals surface area contributed by atoms with Crippen LogP contribution in [0, 0.1) is 11.6 Å². The maximum Gasteiger partial charge on any atom is 0.165 e. The van der Waals surface area contributed by atoms with Crippen LogP contribution >= 0.6 is 0 Å². The predicted molar refractivity (Wildman–Crippen MR) is 79.4 cm³/mol. The molecule has 112 valence electrons. The fourth-order valence-electron chi connectivity index (χ4n) is 2.09. The molecule has 0 spiro atoms. The average Bonchev–Trinajstić information content (AvgIpc) is 2.49. The van der Waals surface area contributed by atoms with Gasteiger partial charge in [-0.25, -0.2) is 8.78 Å². The molecule has 2 rings (SSSR count). The Balaban J connectivity index is 2.04. The van der Waals surface area contributed by atoms with E-state index in [0.29, 0.717) is 0 Å². The lowest BCUT2D eigenvalue weighted by Crippen LogP contribution is -2.17.